The van der Waals surface area contributed by atoms with E-state index in [1.165, 1.54) is 0 Å². The molecule has 11 heteroatoms. The summed E-state index contributed by atoms with van der Waals surface area (Å²) in [4.78, 5) is 20.1. The van der Waals surface area contributed by atoms with Crippen LogP contribution in [0.4, 0.5) is 0 Å². The lowest BCUT2D eigenvalue weighted by Gasteiger charge is -2.02. The Balaban J connectivity index is -0.000000260. The van der Waals surface area contributed by atoms with Gasteiger partial charge in [-0.1, -0.05) is 0 Å². The number of carbonyl (C=O) groups is 2. The van der Waals surface area contributed by atoms with Crippen LogP contribution in [-0.2, 0) is 21.2 Å². The number of hydrogen-bond donors (Lipinski definition) is 6. The number of carboxylic acids is 2. The third-order valence-corrected chi connectivity index (χ3v) is 2.07. The molecular weight excluding hydrogens is 304 g/mol. The van der Waals surface area contributed by atoms with Gasteiger partial charge in [-0.2, -0.15) is 8.42 Å². The molecule has 2 atom stereocenters. The molecule has 0 aliphatic heterocycles. The van der Waals surface area contributed by atoms with E-state index in [2.05, 4.69) is 0 Å². The highest BCUT2D eigenvalue weighted by Crippen LogP contribution is 1.91. The van der Waals surface area contributed by atoms with E-state index in [1.54, 1.807) is 0 Å². The van der Waals surface area contributed by atoms with Gasteiger partial charge in [0.2, 0.25) is 0 Å². The molecule has 0 saturated heterocycles. The van der Waals surface area contributed by atoms with Gasteiger partial charge in [-0.3, -0.25) is 9.59 Å². The van der Waals surface area contributed by atoms with Gasteiger partial charge in [-0.05, 0) is 38.8 Å². The number of rotatable bonds is 8. The van der Waals surface area contributed by atoms with E-state index >= 15 is 0 Å². The summed E-state index contributed by atoms with van der Waals surface area (Å²) in [6, 6.07) is -1.48. The molecule has 0 fully saturated rings. The first-order valence-corrected chi connectivity index (χ1v) is 6.73. The molecule has 0 amide bonds. The van der Waals surface area contributed by atoms with Crippen molar-refractivity contribution >= 4 is 23.5 Å². The molecule has 0 rings (SSSR count). The maximum atomic E-state index is 10.0. The first-order chi connectivity index (χ1) is 9.78. The Morgan fingerprint density at radius 1 is 0.857 bits per heavy atom. The van der Waals surface area contributed by atoms with Crippen LogP contribution in [0.25, 0.3) is 0 Å². The first kappa shape index (κ1) is 24.6. The molecule has 0 aromatic heterocycles. The van der Waals surface area contributed by atoms with Gasteiger partial charge in [0, 0.05) is 0 Å². The van der Waals surface area contributed by atoms with E-state index in [-0.39, 0.29) is 0 Å². The smallest absolute Gasteiger partial charge is 0.335 e. The summed E-state index contributed by atoms with van der Waals surface area (Å²) in [7, 11) is 0. The lowest BCUT2D eigenvalue weighted by molar-refractivity contribution is -0.139. The predicted molar refractivity (Wildman–Crippen MR) is 76.7 cm³/mol. The van der Waals surface area contributed by atoms with Gasteiger partial charge in [0.15, 0.2) is 0 Å². The summed E-state index contributed by atoms with van der Waals surface area (Å²) in [6.07, 6.45) is 2.28. The highest BCUT2D eigenvalue weighted by atomic mass is 32.1. The molecule has 0 aromatic rings. The van der Waals surface area contributed by atoms with Crippen molar-refractivity contribution in [2.24, 2.45) is 22.9 Å². The average Bonchev–Trinajstić information content (AvgIpc) is 2.43. The SMILES string of the molecule is NCCC[C@@H](N)C(=O)O.NCCC[C@@H](N)C(=O)O.O=S=O. The predicted octanol–water partition coefficient (Wildman–Crippen LogP) is -2.40. The molecule has 0 heterocycles. The van der Waals surface area contributed by atoms with Crippen LogP contribution in [0.2, 0.25) is 0 Å². The highest BCUT2D eigenvalue weighted by Gasteiger charge is 2.09. The Morgan fingerprint density at radius 2 is 1.10 bits per heavy atom. The minimum atomic E-state index is -0.955. The number of nitrogens with two attached hydrogens (primary N) is 4. The van der Waals surface area contributed by atoms with E-state index in [4.69, 9.17) is 41.6 Å². The van der Waals surface area contributed by atoms with Gasteiger partial charge in [-0.25, -0.2) is 0 Å². The molecular formula is C10H24N4O6S. The Labute approximate surface area is 126 Å². The number of hydrogen-bond acceptors (Lipinski definition) is 8. The molecule has 0 saturated carbocycles. The number of carboxylic acid groups (broad SMARTS) is 2. The summed E-state index contributed by atoms with van der Waals surface area (Å²) < 4.78 is 16.6. The summed E-state index contributed by atoms with van der Waals surface area (Å²) in [5.41, 5.74) is 20.6. The molecule has 21 heavy (non-hydrogen) atoms. The molecule has 0 unspecified atom stereocenters. The van der Waals surface area contributed by atoms with Crippen molar-refractivity contribution in [1.29, 1.82) is 0 Å². The highest BCUT2D eigenvalue weighted by molar-refractivity contribution is 7.51. The van der Waals surface area contributed by atoms with Crippen LogP contribution in [0, 0.1) is 0 Å². The first-order valence-electron chi connectivity index (χ1n) is 6.07. The molecule has 0 aromatic carbocycles. The standard InChI is InChI=1S/2C5H12N2O2.O2S/c2*6-3-1-2-4(7)5(8)9;1-3-2/h2*4H,1-3,6-7H2,(H,8,9);/t2*4-;/m11./s1. The van der Waals surface area contributed by atoms with Gasteiger partial charge in [-0.15, -0.1) is 0 Å². The Hall–Kier alpha value is -1.40. The van der Waals surface area contributed by atoms with E-state index in [0.717, 1.165) is 0 Å². The molecule has 0 spiro atoms. The van der Waals surface area contributed by atoms with E-state index in [0.29, 0.717) is 38.8 Å². The quantitative estimate of drug-likeness (QED) is 0.278. The zero-order valence-electron chi connectivity index (χ0n) is 11.6. The zero-order valence-corrected chi connectivity index (χ0v) is 12.5. The Bertz CT molecular complexity index is 288. The monoisotopic (exact) mass is 328 g/mol. The largest absolute Gasteiger partial charge is 0.480 e. The fourth-order valence-electron chi connectivity index (χ4n) is 0.922. The molecule has 10 N–H and O–H groups in total. The third kappa shape index (κ3) is 24.0. The van der Waals surface area contributed by atoms with Crippen LogP contribution in [0.15, 0.2) is 0 Å². The van der Waals surface area contributed by atoms with Crippen molar-refractivity contribution < 1.29 is 28.2 Å². The molecule has 0 aliphatic carbocycles. The summed E-state index contributed by atoms with van der Waals surface area (Å²) in [5.74, 6) is -1.91. The van der Waals surface area contributed by atoms with Crippen molar-refractivity contribution in [3.8, 4) is 0 Å². The lowest BCUT2D eigenvalue weighted by Crippen LogP contribution is -2.30. The van der Waals surface area contributed by atoms with Crippen LogP contribution in [0.5, 0.6) is 0 Å². The summed E-state index contributed by atoms with van der Waals surface area (Å²) >= 11 is -0.750. The van der Waals surface area contributed by atoms with Gasteiger partial charge in [0.05, 0.1) is 0 Å². The van der Waals surface area contributed by atoms with Crippen molar-refractivity contribution in [3.63, 3.8) is 0 Å². The number of aliphatic carboxylic acids is 2. The lowest BCUT2D eigenvalue weighted by atomic mass is 10.2. The van der Waals surface area contributed by atoms with Crippen molar-refractivity contribution in [2.45, 2.75) is 37.8 Å². The zero-order chi connectivity index (χ0) is 17.3. The van der Waals surface area contributed by atoms with E-state index in [1.807, 2.05) is 0 Å². The molecule has 126 valence electrons. The van der Waals surface area contributed by atoms with Crippen molar-refractivity contribution in [1.82, 2.24) is 0 Å². The fourth-order valence-corrected chi connectivity index (χ4v) is 0.922. The topological polar surface area (TPSA) is 213 Å². The van der Waals surface area contributed by atoms with E-state index in [9.17, 15) is 9.59 Å². The maximum absolute atomic E-state index is 10.0. The van der Waals surface area contributed by atoms with Crippen LogP contribution in [0.1, 0.15) is 25.7 Å². The average molecular weight is 328 g/mol. The van der Waals surface area contributed by atoms with Gasteiger partial charge >= 0.3 is 23.5 Å². The van der Waals surface area contributed by atoms with Crippen LogP contribution >= 0.6 is 0 Å². The second-order valence-corrected chi connectivity index (χ2v) is 3.96. The van der Waals surface area contributed by atoms with Crippen molar-refractivity contribution in [3.05, 3.63) is 0 Å². The second kappa shape index (κ2) is 18.6. The second-order valence-electron chi connectivity index (χ2n) is 3.82. The Morgan fingerprint density at radius 3 is 1.24 bits per heavy atom. The van der Waals surface area contributed by atoms with Crippen LogP contribution < -0.4 is 22.9 Å². The molecule has 0 aliphatic rings. The fraction of sp³-hybridized carbons (Fsp3) is 0.800. The van der Waals surface area contributed by atoms with Crippen molar-refractivity contribution in [2.75, 3.05) is 13.1 Å². The summed E-state index contributed by atoms with van der Waals surface area (Å²) in [6.45, 7) is 1.00. The van der Waals surface area contributed by atoms with Gasteiger partial charge < -0.3 is 33.1 Å². The summed E-state index contributed by atoms with van der Waals surface area (Å²) in [5, 5.41) is 16.5. The van der Waals surface area contributed by atoms with Gasteiger partial charge in [0.1, 0.15) is 12.1 Å². The molecule has 10 nitrogen and oxygen atoms in total. The minimum Gasteiger partial charge on any atom is -0.480 e. The van der Waals surface area contributed by atoms with Crippen LogP contribution in [0.3, 0.4) is 0 Å². The van der Waals surface area contributed by atoms with Crippen LogP contribution in [-0.4, -0.2) is 55.7 Å². The minimum absolute atomic E-state index is 0.464. The Kier molecular flexibility index (Phi) is 21.8. The van der Waals surface area contributed by atoms with E-state index < -0.39 is 35.6 Å². The van der Waals surface area contributed by atoms with Gasteiger partial charge in [0.25, 0.3) is 0 Å². The maximum Gasteiger partial charge on any atom is 0.335 e. The normalized spacial score (nSPS) is 11.8. The molecule has 0 radical (unpaired) electrons. The molecule has 0 bridgehead atoms. The third-order valence-electron chi connectivity index (χ3n) is 2.07.